The molecule has 1 heterocycles. The summed E-state index contributed by atoms with van der Waals surface area (Å²) in [7, 11) is 2.14. The van der Waals surface area contributed by atoms with Crippen LogP contribution in [0.1, 0.15) is 99.5 Å². The number of carbonyl (C=O) groups is 2. The number of aliphatic hydroxyl groups is 1. The lowest BCUT2D eigenvalue weighted by Crippen LogP contribution is -2.43. The number of hydrogen-bond donors (Lipinski definition) is 1. The molecule has 1 fully saturated rings. The molecular formula is C46H63NO5. The first-order chi connectivity index (χ1) is 24.6. The maximum Gasteiger partial charge on any atom is 0.311 e. The Kier molecular flexibility index (Phi) is 14.5. The number of aliphatic hydroxyl groups excluding tert-OH is 1. The predicted octanol–water partition coefficient (Wildman–Crippen LogP) is 9.46. The summed E-state index contributed by atoms with van der Waals surface area (Å²) in [5.74, 6) is 7.11. The van der Waals surface area contributed by atoms with E-state index in [4.69, 9.17) is 9.47 Å². The standard InChI is InChI=1S/C25H38O5.C21H25N/c1-6-25(4,5)24(28)30-21-12-15(2)11-17-8-7-16(3)20(23(17)21)10-9-19-13-18(26)14-22(27)29-19;1-21(2,3)15-8-5-9-16-22(4)17-19-13-10-12-18-11-6-7-14-20(18)19/h7-8,11,15-16,18-21,23,26H,6,9-10,12-14H2,1-5H3;5-7,9-14H,16-17H2,1-4H3/b;9-5+/t15-,16-,18+,19+,20-,21-,23-;/m0./s1. The van der Waals surface area contributed by atoms with Crippen LogP contribution in [-0.2, 0) is 25.6 Å². The van der Waals surface area contributed by atoms with Gasteiger partial charge in [0.15, 0.2) is 0 Å². The van der Waals surface area contributed by atoms with Gasteiger partial charge in [-0.05, 0) is 113 Å². The molecule has 2 aromatic carbocycles. The molecule has 6 nitrogen and oxygen atoms in total. The second-order valence-corrected chi connectivity index (χ2v) is 17.0. The zero-order valence-electron chi connectivity index (χ0n) is 33.2. The lowest BCUT2D eigenvalue weighted by Gasteiger charge is -2.44. The summed E-state index contributed by atoms with van der Waals surface area (Å²) in [6.07, 6.45) is 13.7. The summed E-state index contributed by atoms with van der Waals surface area (Å²) in [5, 5.41) is 12.6. The molecule has 1 N–H and O–H groups in total. The van der Waals surface area contributed by atoms with E-state index in [1.807, 2.05) is 26.8 Å². The largest absolute Gasteiger partial charge is 0.462 e. The van der Waals surface area contributed by atoms with E-state index in [-0.39, 0.29) is 41.9 Å². The fourth-order valence-electron chi connectivity index (χ4n) is 7.41. The molecular weight excluding hydrogens is 647 g/mol. The first-order valence-corrected chi connectivity index (χ1v) is 19.4. The van der Waals surface area contributed by atoms with Crippen LogP contribution in [-0.4, -0.2) is 53.8 Å². The number of esters is 2. The van der Waals surface area contributed by atoms with Gasteiger partial charge in [-0.25, -0.2) is 0 Å². The predicted molar refractivity (Wildman–Crippen MR) is 212 cm³/mol. The van der Waals surface area contributed by atoms with Crippen molar-refractivity contribution in [3.05, 3.63) is 84.0 Å². The minimum absolute atomic E-state index is 0.0686. The number of hydrogen-bond acceptors (Lipinski definition) is 6. The average Bonchev–Trinajstić information content (AvgIpc) is 3.07. The van der Waals surface area contributed by atoms with Gasteiger partial charge in [-0.3, -0.25) is 14.5 Å². The Balaban J connectivity index is 0.000000244. The highest BCUT2D eigenvalue weighted by Gasteiger charge is 2.43. The average molecular weight is 710 g/mol. The summed E-state index contributed by atoms with van der Waals surface area (Å²) in [6, 6.07) is 15.1. The van der Waals surface area contributed by atoms with Crippen molar-refractivity contribution in [1.29, 1.82) is 0 Å². The van der Waals surface area contributed by atoms with Crippen molar-refractivity contribution in [1.82, 2.24) is 4.90 Å². The van der Waals surface area contributed by atoms with Gasteiger partial charge in [-0.15, -0.1) is 0 Å². The molecule has 0 aromatic heterocycles. The van der Waals surface area contributed by atoms with Gasteiger partial charge in [-0.2, -0.15) is 0 Å². The van der Waals surface area contributed by atoms with Gasteiger partial charge >= 0.3 is 11.9 Å². The Morgan fingerprint density at radius 2 is 1.79 bits per heavy atom. The van der Waals surface area contributed by atoms with Crippen LogP contribution in [0.3, 0.4) is 0 Å². The highest BCUT2D eigenvalue weighted by molar-refractivity contribution is 5.85. The van der Waals surface area contributed by atoms with Crippen LogP contribution >= 0.6 is 0 Å². The first-order valence-electron chi connectivity index (χ1n) is 19.4. The van der Waals surface area contributed by atoms with Crippen molar-refractivity contribution in [3.8, 4) is 11.8 Å². The van der Waals surface area contributed by atoms with Crippen molar-refractivity contribution >= 4 is 22.7 Å². The van der Waals surface area contributed by atoms with E-state index in [9.17, 15) is 14.7 Å². The third kappa shape index (κ3) is 11.9. The highest BCUT2D eigenvalue weighted by Crippen LogP contribution is 2.45. The van der Waals surface area contributed by atoms with Crippen molar-refractivity contribution in [2.75, 3.05) is 13.6 Å². The zero-order valence-corrected chi connectivity index (χ0v) is 33.2. The molecule has 6 heteroatoms. The smallest absolute Gasteiger partial charge is 0.311 e. The number of carbonyl (C=O) groups excluding carboxylic acids is 2. The van der Waals surface area contributed by atoms with Crippen molar-refractivity contribution in [2.45, 2.75) is 119 Å². The lowest BCUT2D eigenvalue weighted by molar-refractivity contribution is -0.166. The number of nitrogens with zero attached hydrogens (tertiary/aromatic N) is 1. The number of fused-ring (bicyclic) bond motifs is 2. The Morgan fingerprint density at radius 3 is 2.50 bits per heavy atom. The molecule has 0 spiro atoms. The summed E-state index contributed by atoms with van der Waals surface area (Å²) >= 11 is 0. The van der Waals surface area contributed by atoms with Gasteiger partial charge in [0.2, 0.25) is 0 Å². The van der Waals surface area contributed by atoms with Crippen LogP contribution in [0.25, 0.3) is 10.8 Å². The number of likely N-dealkylation sites (N-methyl/N-ethyl adjacent to an activating group) is 1. The number of ether oxygens (including phenoxy) is 2. The Labute approximate surface area is 313 Å². The molecule has 0 bridgehead atoms. The van der Waals surface area contributed by atoms with Gasteiger partial charge < -0.3 is 14.6 Å². The molecule has 1 saturated heterocycles. The summed E-state index contributed by atoms with van der Waals surface area (Å²) in [6.45, 7) is 18.5. The van der Waals surface area contributed by atoms with Crippen molar-refractivity contribution < 1.29 is 24.2 Å². The van der Waals surface area contributed by atoms with E-state index in [1.165, 1.54) is 21.9 Å². The molecule has 2 aliphatic carbocycles. The maximum atomic E-state index is 12.9. The van der Waals surface area contributed by atoms with Gasteiger partial charge in [0.05, 0.1) is 17.9 Å². The van der Waals surface area contributed by atoms with Crippen LogP contribution in [0.5, 0.6) is 0 Å². The molecule has 5 rings (SSSR count). The fraction of sp³-hybridized carbons (Fsp3) is 0.565. The SMILES string of the molecule is CCC(C)(C)C(=O)O[C@H]1C[C@@H](C)C=C2C=C[C@H](C)[C@H](CC[C@@H]3C[C@@H](O)CC(=O)O3)[C@H]21.CN(C/C=C/C#CC(C)(C)C)Cc1cccc2ccccc12. The Morgan fingerprint density at radius 1 is 1.06 bits per heavy atom. The topological polar surface area (TPSA) is 76.1 Å². The second kappa shape index (κ2) is 18.4. The zero-order chi connectivity index (χ0) is 38.1. The molecule has 2 aromatic rings. The molecule has 7 atom stereocenters. The van der Waals surface area contributed by atoms with E-state index < -0.39 is 11.5 Å². The maximum absolute atomic E-state index is 12.9. The fourth-order valence-corrected chi connectivity index (χ4v) is 7.41. The minimum Gasteiger partial charge on any atom is -0.462 e. The molecule has 0 amide bonds. The monoisotopic (exact) mass is 709 g/mol. The summed E-state index contributed by atoms with van der Waals surface area (Å²) in [5.41, 5.74) is 2.22. The number of rotatable bonds is 10. The summed E-state index contributed by atoms with van der Waals surface area (Å²) in [4.78, 5) is 26.9. The van der Waals surface area contributed by atoms with E-state index >= 15 is 0 Å². The minimum atomic E-state index is -0.601. The molecule has 52 heavy (non-hydrogen) atoms. The molecule has 3 aliphatic rings. The van der Waals surface area contributed by atoms with Crippen LogP contribution in [0, 0.1) is 46.3 Å². The Bertz CT molecular complexity index is 1660. The highest BCUT2D eigenvalue weighted by atomic mass is 16.6. The lowest BCUT2D eigenvalue weighted by atomic mass is 9.65. The first kappa shape index (κ1) is 41.1. The molecule has 0 saturated carbocycles. The van der Waals surface area contributed by atoms with Gasteiger partial charge in [0, 0.05) is 30.8 Å². The van der Waals surface area contributed by atoms with E-state index in [2.05, 4.69) is 125 Å². The number of cyclic esters (lactones) is 1. The van der Waals surface area contributed by atoms with Crippen LogP contribution in [0.15, 0.2) is 78.4 Å². The van der Waals surface area contributed by atoms with Crippen LogP contribution in [0.2, 0.25) is 0 Å². The van der Waals surface area contributed by atoms with Gasteiger partial charge in [-0.1, -0.05) is 99.4 Å². The molecule has 0 radical (unpaired) electrons. The quantitative estimate of drug-likeness (QED) is 0.196. The van der Waals surface area contributed by atoms with E-state index in [0.29, 0.717) is 24.2 Å². The third-order valence-electron chi connectivity index (χ3n) is 10.7. The van der Waals surface area contributed by atoms with E-state index in [0.717, 1.165) is 38.8 Å². The van der Waals surface area contributed by atoms with Gasteiger partial charge in [0.25, 0.3) is 0 Å². The second-order valence-electron chi connectivity index (χ2n) is 17.0. The Hall–Kier alpha value is -3.66. The van der Waals surface area contributed by atoms with Crippen molar-refractivity contribution in [2.24, 2.45) is 34.5 Å². The number of allylic oxidation sites excluding steroid dienone is 4. The third-order valence-corrected chi connectivity index (χ3v) is 10.7. The van der Waals surface area contributed by atoms with Gasteiger partial charge in [0.1, 0.15) is 12.2 Å². The van der Waals surface area contributed by atoms with Crippen LogP contribution in [0.4, 0.5) is 0 Å². The molecule has 1 aliphatic heterocycles. The normalized spacial score (nSPS) is 26.1. The summed E-state index contributed by atoms with van der Waals surface area (Å²) < 4.78 is 11.6. The van der Waals surface area contributed by atoms with Crippen molar-refractivity contribution in [3.63, 3.8) is 0 Å². The van der Waals surface area contributed by atoms with E-state index in [1.54, 1.807) is 0 Å². The molecule has 282 valence electrons. The molecule has 0 unspecified atom stereocenters. The number of benzene rings is 2. The van der Waals surface area contributed by atoms with Crippen LogP contribution < -0.4 is 0 Å².